The average Bonchev–Trinajstić information content (AvgIpc) is 3.56. The molecule has 35 heavy (non-hydrogen) atoms. The molecule has 7 heteroatoms. The zero-order valence-electron chi connectivity index (χ0n) is 20.5. The molecule has 3 aliphatic rings. The molecule has 0 bridgehead atoms. The molecule has 184 valence electrons. The molecule has 2 aliphatic heterocycles. The highest BCUT2D eigenvalue weighted by Gasteiger charge is 2.42. The molecule has 0 amide bonds. The normalized spacial score (nSPS) is 24.3. The first kappa shape index (κ1) is 23.8. The summed E-state index contributed by atoms with van der Waals surface area (Å²) in [4.78, 5) is 30.0. The fraction of sp³-hybridized carbons (Fsp3) is 0.429. The molecule has 0 saturated carbocycles. The maximum absolute atomic E-state index is 13.6. The van der Waals surface area contributed by atoms with E-state index in [-0.39, 0.29) is 30.4 Å². The SMILES string of the molecule is CC1=C(C(=O)OC[C@@H]2CCCO2)[C@H](c2cccs2)C2=C(C[C@H](c3ccc(N(C)C)cc3)CC2=O)N1. The number of anilines is 1. The van der Waals surface area contributed by atoms with Crippen molar-refractivity contribution in [2.24, 2.45) is 0 Å². The lowest BCUT2D eigenvalue weighted by molar-refractivity contribution is -0.142. The number of hydrogen-bond donors (Lipinski definition) is 1. The number of rotatable bonds is 6. The van der Waals surface area contributed by atoms with E-state index in [0.717, 1.165) is 46.8 Å². The predicted octanol–water partition coefficient (Wildman–Crippen LogP) is 4.90. The first-order valence-electron chi connectivity index (χ1n) is 12.3. The van der Waals surface area contributed by atoms with Crippen molar-refractivity contribution >= 4 is 28.8 Å². The number of nitrogens with zero attached hydrogens (tertiary/aromatic N) is 1. The van der Waals surface area contributed by atoms with E-state index >= 15 is 0 Å². The van der Waals surface area contributed by atoms with E-state index in [2.05, 4.69) is 34.5 Å². The average molecular weight is 493 g/mol. The van der Waals surface area contributed by atoms with Gasteiger partial charge in [-0.1, -0.05) is 18.2 Å². The van der Waals surface area contributed by atoms with Crippen LogP contribution in [0.4, 0.5) is 5.69 Å². The Morgan fingerprint density at radius 1 is 1.20 bits per heavy atom. The summed E-state index contributed by atoms with van der Waals surface area (Å²) in [6, 6.07) is 12.4. The summed E-state index contributed by atoms with van der Waals surface area (Å²) in [7, 11) is 4.04. The van der Waals surface area contributed by atoms with Gasteiger partial charge in [0.25, 0.3) is 0 Å². The van der Waals surface area contributed by atoms with E-state index in [1.807, 2.05) is 38.5 Å². The van der Waals surface area contributed by atoms with Gasteiger partial charge >= 0.3 is 5.97 Å². The smallest absolute Gasteiger partial charge is 0.336 e. The molecule has 1 aliphatic carbocycles. The third-order valence-electron chi connectivity index (χ3n) is 7.18. The number of Topliss-reactive ketones (excluding diaryl/α,β-unsaturated/α-hetero) is 1. The summed E-state index contributed by atoms with van der Waals surface area (Å²) < 4.78 is 11.3. The van der Waals surface area contributed by atoms with Gasteiger partial charge in [-0.05, 0) is 61.2 Å². The molecule has 2 aromatic rings. The van der Waals surface area contributed by atoms with Gasteiger partial charge in [-0.3, -0.25) is 4.79 Å². The monoisotopic (exact) mass is 492 g/mol. The van der Waals surface area contributed by atoms with Crippen LogP contribution < -0.4 is 10.2 Å². The number of thiophene rings is 1. The number of carbonyl (C=O) groups excluding carboxylic acids is 2. The molecular weight excluding hydrogens is 460 g/mol. The Morgan fingerprint density at radius 2 is 2.00 bits per heavy atom. The quantitative estimate of drug-likeness (QED) is 0.579. The highest BCUT2D eigenvalue weighted by Crippen LogP contribution is 2.46. The van der Waals surface area contributed by atoms with Gasteiger partial charge in [0.05, 0.1) is 17.6 Å². The van der Waals surface area contributed by atoms with Crippen LogP contribution in [-0.4, -0.2) is 45.2 Å². The summed E-state index contributed by atoms with van der Waals surface area (Å²) >= 11 is 1.57. The molecule has 1 saturated heterocycles. The van der Waals surface area contributed by atoms with E-state index < -0.39 is 5.92 Å². The molecule has 1 aromatic carbocycles. The minimum Gasteiger partial charge on any atom is -0.459 e. The summed E-state index contributed by atoms with van der Waals surface area (Å²) in [6.45, 7) is 2.87. The molecule has 1 N–H and O–H groups in total. The van der Waals surface area contributed by atoms with Crippen molar-refractivity contribution in [3.05, 3.63) is 74.8 Å². The number of hydrogen-bond acceptors (Lipinski definition) is 7. The first-order valence-corrected chi connectivity index (χ1v) is 13.1. The molecule has 1 aromatic heterocycles. The Labute approximate surface area is 210 Å². The Balaban J connectivity index is 1.43. The van der Waals surface area contributed by atoms with E-state index in [1.54, 1.807) is 11.3 Å². The van der Waals surface area contributed by atoms with Crippen molar-refractivity contribution in [3.8, 4) is 0 Å². The maximum Gasteiger partial charge on any atom is 0.336 e. The fourth-order valence-electron chi connectivity index (χ4n) is 5.35. The molecule has 1 fully saturated rings. The van der Waals surface area contributed by atoms with E-state index in [1.165, 1.54) is 0 Å². The van der Waals surface area contributed by atoms with Crippen molar-refractivity contribution in [1.29, 1.82) is 0 Å². The van der Waals surface area contributed by atoms with Crippen LogP contribution >= 0.6 is 11.3 Å². The van der Waals surface area contributed by atoms with Crippen LogP contribution in [0.1, 0.15) is 54.9 Å². The Kier molecular flexibility index (Phi) is 6.80. The second-order valence-electron chi connectivity index (χ2n) is 9.75. The molecule has 0 spiro atoms. The van der Waals surface area contributed by atoms with Crippen LogP contribution in [0, 0.1) is 0 Å². The van der Waals surface area contributed by atoms with Crippen LogP contribution in [0.3, 0.4) is 0 Å². The van der Waals surface area contributed by atoms with Gasteiger partial charge in [-0.25, -0.2) is 4.79 Å². The summed E-state index contributed by atoms with van der Waals surface area (Å²) in [5, 5.41) is 5.42. The number of benzene rings is 1. The lowest BCUT2D eigenvalue weighted by atomic mass is 9.73. The van der Waals surface area contributed by atoms with Crippen LogP contribution in [0.25, 0.3) is 0 Å². The summed E-state index contributed by atoms with van der Waals surface area (Å²) in [5.41, 5.74) is 5.22. The predicted molar refractivity (Wildman–Crippen MR) is 138 cm³/mol. The van der Waals surface area contributed by atoms with Gasteiger partial charge in [-0.2, -0.15) is 0 Å². The zero-order valence-corrected chi connectivity index (χ0v) is 21.3. The Bertz CT molecular complexity index is 1160. The lowest BCUT2D eigenvalue weighted by Gasteiger charge is -2.36. The molecular formula is C28H32N2O4S. The van der Waals surface area contributed by atoms with Crippen molar-refractivity contribution in [2.45, 2.75) is 50.5 Å². The number of dihydropyridines is 1. The van der Waals surface area contributed by atoms with Crippen LogP contribution in [0.2, 0.25) is 0 Å². The minimum atomic E-state index is -0.396. The highest BCUT2D eigenvalue weighted by molar-refractivity contribution is 7.10. The second-order valence-corrected chi connectivity index (χ2v) is 10.7. The van der Waals surface area contributed by atoms with Crippen molar-refractivity contribution in [1.82, 2.24) is 5.32 Å². The number of carbonyl (C=O) groups is 2. The minimum absolute atomic E-state index is 0.0395. The van der Waals surface area contributed by atoms with Crippen molar-refractivity contribution in [2.75, 3.05) is 32.2 Å². The number of allylic oxidation sites excluding steroid dienone is 3. The molecule has 0 radical (unpaired) electrons. The molecule has 3 heterocycles. The van der Waals surface area contributed by atoms with Gasteiger partial charge in [0.15, 0.2) is 5.78 Å². The van der Waals surface area contributed by atoms with Crippen molar-refractivity contribution < 1.29 is 19.1 Å². The van der Waals surface area contributed by atoms with Gasteiger partial charge in [0.2, 0.25) is 0 Å². The third-order valence-corrected chi connectivity index (χ3v) is 8.12. The summed E-state index contributed by atoms with van der Waals surface area (Å²) in [5.74, 6) is -0.567. The van der Waals surface area contributed by atoms with Crippen LogP contribution in [-0.2, 0) is 19.1 Å². The van der Waals surface area contributed by atoms with Gasteiger partial charge in [0, 0.05) is 54.7 Å². The lowest BCUT2D eigenvalue weighted by Crippen LogP contribution is -2.36. The van der Waals surface area contributed by atoms with Gasteiger partial charge in [0.1, 0.15) is 6.61 Å². The van der Waals surface area contributed by atoms with E-state index in [0.29, 0.717) is 24.2 Å². The van der Waals surface area contributed by atoms with Crippen molar-refractivity contribution in [3.63, 3.8) is 0 Å². The number of ether oxygens (including phenoxy) is 2. The van der Waals surface area contributed by atoms with E-state index in [9.17, 15) is 9.59 Å². The highest BCUT2D eigenvalue weighted by atomic mass is 32.1. The van der Waals surface area contributed by atoms with E-state index in [4.69, 9.17) is 9.47 Å². The largest absolute Gasteiger partial charge is 0.459 e. The first-order chi connectivity index (χ1) is 16.9. The topological polar surface area (TPSA) is 67.9 Å². The standard InChI is InChI=1S/C28H32N2O4S/c1-17-25(28(32)34-16-21-6-4-12-33-21)27(24-7-5-13-35-24)26-22(29-17)14-19(15-23(26)31)18-8-10-20(11-9-18)30(2)3/h5,7-11,13,19,21,27,29H,4,6,12,14-16H2,1-3H3/t19-,21-,27-/m0/s1. The number of ketones is 1. The Hall–Kier alpha value is -2.90. The van der Waals surface area contributed by atoms with Crippen LogP contribution in [0.15, 0.2) is 64.3 Å². The van der Waals surface area contributed by atoms with Crippen LogP contribution in [0.5, 0.6) is 0 Å². The number of esters is 1. The summed E-state index contributed by atoms with van der Waals surface area (Å²) in [6.07, 6.45) is 3.03. The maximum atomic E-state index is 13.6. The molecule has 5 rings (SSSR count). The molecule has 3 atom stereocenters. The number of nitrogens with one attached hydrogen (secondary N) is 1. The Morgan fingerprint density at radius 3 is 2.66 bits per heavy atom. The van der Waals surface area contributed by atoms with Gasteiger partial charge < -0.3 is 19.7 Å². The fourth-order valence-corrected chi connectivity index (χ4v) is 6.20. The molecule has 6 nitrogen and oxygen atoms in total. The second kappa shape index (κ2) is 9.99. The third kappa shape index (κ3) is 4.80. The molecule has 0 unspecified atom stereocenters. The van der Waals surface area contributed by atoms with Gasteiger partial charge in [-0.15, -0.1) is 11.3 Å². The zero-order chi connectivity index (χ0) is 24.5.